The maximum atomic E-state index is 5.20. The summed E-state index contributed by atoms with van der Waals surface area (Å²) < 4.78 is 5.20. The van der Waals surface area contributed by atoms with E-state index in [4.69, 9.17) is 4.74 Å². The van der Waals surface area contributed by atoms with E-state index in [1.54, 1.807) is 19.6 Å². The van der Waals surface area contributed by atoms with Crippen molar-refractivity contribution >= 4 is 10.9 Å². The Morgan fingerprint density at radius 1 is 1.31 bits per heavy atom. The molecule has 0 unspecified atom stereocenters. The molecule has 0 atom stereocenters. The monoisotopic (exact) mass is 174 g/mol. The van der Waals surface area contributed by atoms with Crippen LogP contribution in [0.2, 0.25) is 0 Å². The molecule has 0 aliphatic heterocycles. The third kappa shape index (κ3) is 1.33. The molecule has 2 aromatic rings. The third-order valence-corrected chi connectivity index (χ3v) is 2.02. The first-order valence-corrected chi connectivity index (χ1v) is 4.05. The van der Waals surface area contributed by atoms with Gasteiger partial charge in [0.2, 0.25) is 0 Å². The van der Waals surface area contributed by atoms with Gasteiger partial charge in [-0.1, -0.05) is 0 Å². The van der Waals surface area contributed by atoms with Crippen molar-refractivity contribution < 1.29 is 4.74 Å². The lowest BCUT2D eigenvalue weighted by Gasteiger charge is -2.05. The molecule has 0 saturated heterocycles. The van der Waals surface area contributed by atoms with E-state index in [1.807, 2.05) is 19.1 Å². The first-order chi connectivity index (χ1) is 6.31. The summed E-state index contributed by atoms with van der Waals surface area (Å²) in [6, 6.07) is 3.94. The van der Waals surface area contributed by atoms with Crippen molar-refractivity contribution in [3.05, 3.63) is 30.2 Å². The molecule has 0 radical (unpaired) electrons. The van der Waals surface area contributed by atoms with Gasteiger partial charge in [-0.05, 0) is 24.6 Å². The lowest BCUT2D eigenvalue weighted by Crippen LogP contribution is -1.88. The number of rotatable bonds is 1. The van der Waals surface area contributed by atoms with Crippen LogP contribution in [-0.2, 0) is 0 Å². The van der Waals surface area contributed by atoms with E-state index in [1.165, 1.54) is 0 Å². The zero-order valence-electron chi connectivity index (χ0n) is 7.61. The van der Waals surface area contributed by atoms with E-state index < -0.39 is 0 Å². The van der Waals surface area contributed by atoms with Crippen molar-refractivity contribution in [3.63, 3.8) is 0 Å². The van der Waals surface area contributed by atoms with Crippen molar-refractivity contribution in [2.75, 3.05) is 7.11 Å². The predicted molar refractivity (Wildman–Crippen MR) is 50.8 cm³/mol. The smallest absolute Gasteiger partial charge is 0.122 e. The van der Waals surface area contributed by atoms with Crippen LogP contribution in [0, 0.1) is 6.92 Å². The highest BCUT2D eigenvalue weighted by atomic mass is 16.5. The van der Waals surface area contributed by atoms with E-state index >= 15 is 0 Å². The van der Waals surface area contributed by atoms with Gasteiger partial charge in [0.25, 0.3) is 0 Å². The molecule has 0 amide bonds. The zero-order chi connectivity index (χ0) is 9.26. The second kappa shape index (κ2) is 3.01. The lowest BCUT2D eigenvalue weighted by atomic mass is 10.1. The average molecular weight is 174 g/mol. The van der Waals surface area contributed by atoms with Crippen LogP contribution in [0.1, 0.15) is 5.56 Å². The van der Waals surface area contributed by atoms with Crippen molar-refractivity contribution in [1.29, 1.82) is 0 Å². The molecule has 2 rings (SSSR count). The van der Waals surface area contributed by atoms with Crippen LogP contribution in [0.15, 0.2) is 24.7 Å². The Kier molecular flexibility index (Phi) is 1.85. The number of aromatic nitrogens is 2. The summed E-state index contributed by atoms with van der Waals surface area (Å²) in [7, 11) is 1.66. The summed E-state index contributed by atoms with van der Waals surface area (Å²) in [4.78, 5) is 8.10. The molecular formula is C10H10N2O. The summed E-state index contributed by atoms with van der Waals surface area (Å²) in [5.74, 6) is 0.877. The predicted octanol–water partition coefficient (Wildman–Crippen LogP) is 1.95. The summed E-state index contributed by atoms with van der Waals surface area (Å²) in [5, 5.41) is 1.00. The highest BCUT2D eigenvalue weighted by Gasteiger charge is 2.01. The van der Waals surface area contributed by atoms with Crippen molar-refractivity contribution in [1.82, 2.24) is 9.97 Å². The minimum atomic E-state index is 0.877. The van der Waals surface area contributed by atoms with Crippen LogP contribution in [0.3, 0.4) is 0 Å². The van der Waals surface area contributed by atoms with E-state index in [9.17, 15) is 0 Å². The first kappa shape index (κ1) is 7.98. The van der Waals surface area contributed by atoms with Gasteiger partial charge in [-0.25, -0.2) is 9.97 Å². The number of fused-ring (bicyclic) bond motifs is 1. The molecule has 0 bridgehead atoms. The molecule has 13 heavy (non-hydrogen) atoms. The lowest BCUT2D eigenvalue weighted by molar-refractivity contribution is 0.412. The molecule has 3 nitrogen and oxygen atoms in total. The highest BCUT2D eigenvalue weighted by molar-refractivity contribution is 5.80. The quantitative estimate of drug-likeness (QED) is 0.662. The van der Waals surface area contributed by atoms with E-state index in [2.05, 4.69) is 9.97 Å². The number of aryl methyl sites for hydroxylation is 1. The number of methoxy groups -OCH3 is 1. The van der Waals surface area contributed by atoms with Gasteiger partial charge in [0.15, 0.2) is 0 Å². The molecule has 3 heteroatoms. The highest BCUT2D eigenvalue weighted by Crippen LogP contribution is 2.22. The Morgan fingerprint density at radius 3 is 2.92 bits per heavy atom. The van der Waals surface area contributed by atoms with Gasteiger partial charge in [-0.2, -0.15) is 0 Å². The Labute approximate surface area is 76.4 Å². The van der Waals surface area contributed by atoms with E-state index in [0.717, 1.165) is 22.2 Å². The number of benzene rings is 1. The maximum Gasteiger partial charge on any atom is 0.122 e. The SMILES string of the molecule is COc1cc2cncnc2cc1C. The number of hydrogen-bond acceptors (Lipinski definition) is 3. The molecule has 0 N–H and O–H groups in total. The van der Waals surface area contributed by atoms with Crippen LogP contribution in [-0.4, -0.2) is 17.1 Å². The van der Waals surface area contributed by atoms with Gasteiger partial charge in [0.1, 0.15) is 12.1 Å². The van der Waals surface area contributed by atoms with Crippen LogP contribution >= 0.6 is 0 Å². The fourth-order valence-corrected chi connectivity index (χ4v) is 1.33. The first-order valence-electron chi connectivity index (χ1n) is 4.05. The molecular weight excluding hydrogens is 164 g/mol. The van der Waals surface area contributed by atoms with E-state index in [0.29, 0.717) is 0 Å². The Bertz CT molecular complexity index is 440. The molecule has 0 spiro atoms. The molecule has 1 aromatic carbocycles. The normalized spacial score (nSPS) is 10.3. The van der Waals surface area contributed by atoms with E-state index in [-0.39, 0.29) is 0 Å². The number of nitrogens with zero attached hydrogens (tertiary/aromatic N) is 2. The summed E-state index contributed by atoms with van der Waals surface area (Å²) in [6.45, 7) is 2.00. The zero-order valence-corrected chi connectivity index (χ0v) is 7.61. The third-order valence-electron chi connectivity index (χ3n) is 2.02. The molecule has 0 aliphatic rings. The van der Waals surface area contributed by atoms with Gasteiger partial charge >= 0.3 is 0 Å². The van der Waals surface area contributed by atoms with Crippen molar-refractivity contribution in [3.8, 4) is 5.75 Å². The fraction of sp³-hybridized carbons (Fsp3) is 0.200. The van der Waals surface area contributed by atoms with Crippen molar-refractivity contribution in [2.24, 2.45) is 0 Å². The van der Waals surface area contributed by atoms with Crippen LogP contribution in [0.5, 0.6) is 5.75 Å². The molecule has 1 aromatic heterocycles. The van der Waals surface area contributed by atoms with Gasteiger partial charge in [0, 0.05) is 11.6 Å². The summed E-state index contributed by atoms with van der Waals surface area (Å²) >= 11 is 0. The second-order valence-corrected chi connectivity index (χ2v) is 2.90. The number of ether oxygens (including phenoxy) is 1. The van der Waals surface area contributed by atoms with Crippen LogP contribution in [0.4, 0.5) is 0 Å². The minimum absolute atomic E-state index is 0.877. The van der Waals surface area contributed by atoms with Crippen molar-refractivity contribution in [2.45, 2.75) is 6.92 Å². The number of hydrogen-bond donors (Lipinski definition) is 0. The Balaban J connectivity index is 2.74. The Hall–Kier alpha value is -1.64. The second-order valence-electron chi connectivity index (χ2n) is 2.90. The standard InChI is InChI=1S/C10H10N2O/c1-7-3-9-8(4-10(7)13-2)5-11-6-12-9/h3-6H,1-2H3. The minimum Gasteiger partial charge on any atom is -0.496 e. The molecule has 66 valence electrons. The topological polar surface area (TPSA) is 35.0 Å². The molecule has 0 fully saturated rings. The van der Waals surface area contributed by atoms with Gasteiger partial charge in [-0.15, -0.1) is 0 Å². The molecule has 0 aliphatic carbocycles. The van der Waals surface area contributed by atoms with Crippen LogP contribution in [0.25, 0.3) is 10.9 Å². The summed E-state index contributed by atoms with van der Waals surface area (Å²) in [5.41, 5.74) is 2.04. The van der Waals surface area contributed by atoms with Gasteiger partial charge in [-0.3, -0.25) is 0 Å². The Morgan fingerprint density at radius 2 is 2.15 bits per heavy atom. The molecule has 1 heterocycles. The largest absolute Gasteiger partial charge is 0.496 e. The maximum absolute atomic E-state index is 5.20. The average Bonchev–Trinajstić information content (AvgIpc) is 2.17. The molecule has 0 saturated carbocycles. The van der Waals surface area contributed by atoms with Gasteiger partial charge in [0.05, 0.1) is 12.6 Å². The fourth-order valence-electron chi connectivity index (χ4n) is 1.33. The summed E-state index contributed by atoms with van der Waals surface area (Å²) in [6.07, 6.45) is 3.33. The van der Waals surface area contributed by atoms with Gasteiger partial charge < -0.3 is 4.74 Å². The van der Waals surface area contributed by atoms with Crippen LogP contribution < -0.4 is 4.74 Å².